The minimum absolute atomic E-state index is 0.175. The highest BCUT2D eigenvalue weighted by atomic mass is 35.5. The molecule has 0 bridgehead atoms. The largest absolute Gasteiger partial charge is 0.324 e. The van der Waals surface area contributed by atoms with Crippen molar-refractivity contribution in [3.8, 4) is 0 Å². The quantitative estimate of drug-likeness (QED) is 0.904. The van der Waals surface area contributed by atoms with Gasteiger partial charge in [0, 0.05) is 11.1 Å². The lowest BCUT2D eigenvalue weighted by Crippen LogP contribution is -2.14. The lowest BCUT2D eigenvalue weighted by Gasteiger charge is -2.11. The number of sulfonamides is 1. The monoisotopic (exact) mass is 324 g/mol. The van der Waals surface area contributed by atoms with Gasteiger partial charge in [0.1, 0.15) is 0 Å². The maximum Gasteiger partial charge on any atom is 0.261 e. The van der Waals surface area contributed by atoms with E-state index in [2.05, 4.69) is 4.72 Å². The number of nitrogens with two attached hydrogens (primary N) is 1. The summed E-state index contributed by atoms with van der Waals surface area (Å²) in [6, 6.07) is 11.4. The van der Waals surface area contributed by atoms with Crippen LogP contribution in [0.5, 0.6) is 0 Å². The van der Waals surface area contributed by atoms with E-state index in [1.807, 2.05) is 6.92 Å². The van der Waals surface area contributed by atoms with Crippen LogP contribution in [0.3, 0.4) is 0 Å². The number of rotatable bonds is 4. The Bertz CT molecular complexity index is 758. The summed E-state index contributed by atoms with van der Waals surface area (Å²) in [6.07, 6.45) is 0. The van der Waals surface area contributed by atoms with E-state index in [1.165, 1.54) is 6.07 Å². The number of anilines is 1. The van der Waals surface area contributed by atoms with Gasteiger partial charge in [0.15, 0.2) is 0 Å². The predicted molar refractivity (Wildman–Crippen MR) is 86.0 cm³/mol. The molecule has 1 atom stereocenters. The average Bonchev–Trinajstić information content (AvgIpc) is 2.43. The third kappa shape index (κ3) is 3.75. The molecule has 0 saturated heterocycles. The molecule has 0 aromatic heterocycles. The molecule has 0 aliphatic heterocycles. The third-order valence-corrected chi connectivity index (χ3v) is 4.90. The Hall–Kier alpha value is -1.56. The van der Waals surface area contributed by atoms with Crippen LogP contribution < -0.4 is 10.5 Å². The zero-order valence-electron chi connectivity index (χ0n) is 11.8. The minimum Gasteiger partial charge on any atom is -0.324 e. The van der Waals surface area contributed by atoms with Crippen LogP contribution >= 0.6 is 11.6 Å². The van der Waals surface area contributed by atoms with Gasteiger partial charge >= 0.3 is 0 Å². The topological polar surface area (TPSA) is 72.2 Å². The Morgan fingerprint density at radius 2 is 1.90 bits per heavy atom. The van der Waals surface area contributed by atoms with E-state index in [-0.39, 0.29) is 10.9 Å². The van der Waals surface area contributed by atoms with Crippen LogP contribution in [0.15, 0.2) is 47.4 Å². The molecule has 21 heavy (non-hydrogen) atoms. The summed E-state index contributed by atoms with van der Waals surface area (Å²) in [6.45, 7) is 3.66. The van der Waals surface area contributed by atoms with Gasteiger partial charge in [-0.15, -0.1) is 0 Å². The van der Waals surface area contributed by atoms with Crippen molar-refractivity contribution in [2.45, 2.75) is 24.8 Å². The second-order valence-electron chi connectivity index (χ2n) is 4.93. The lowest BCUT2D eigenvalue weighted by atomic mass is 10.1. The van der Waals surface area contributed by atoms with Gasteiger partial charge in [-0.3, -0.25) is 4.72 Å². The summed E-state index contributed by atoms with van der Waals surface area (Å²) in [5, 5.41) is 0.513. The number of halogens is 1. The van der Waals surface area contributed by atoms with Gasteiger partial charge in [0.05, 0.1) is 10.6 Å². The normalized spacial score (nSPS) is 13.0. The van der Waals surface area contributed by atoms with Crippen LogP contribution in [0, 0.1) is 6.92 Å². The number of aryl methyl sites for hydroxylation is 1. The van der Waals surface area contributed by atoms with Gasteiger partial charge in [-0.1, -0.05) is 29.8 Å². The van der Waals surface area contributed by atoms with E-state index in [1.54, 1.807) is 43.3 Å². The zero-order chi connectivity index (χ0) is 15.6. The first-order chi connectivity index (χ1) is 9.79. The van der Waals surface area contributed by atoms with Gasteiger partial charge in [-0.2, -0.15) is 0 Å². The molecule has 2 aromatic carbocycles. The van der Waals surface area contributed by atoms with E-state index in [0.29, 0.717) is 10.7 Å². The highest BCUT2D eigenvalue weighted by Crippen LogP contribution is 2.23. The first-order valence-electron chi connectivity index (χ1n) is 6.44. The van der Waals surface area contributed by atoms with Crippen molar-refractivity contribution >= 4 is 27.3 Å². The standard InChI is InChI=1S/C15H17ClN2O2S/c1-10-6-7-13(9-15(10)16)18-21(19,20)14-5-3-4-12(8-14)11(2)17/h3-9,11,18H,17H2,1-2H3. The molecular weight excluding hydrogens is 308 g/mol. The smallest absolute Gasteiger partial charge is 0.261 e. The summed E-state index contributed by atoms with van der Waals surface area (Å²) in [5.74, 6) is 0. The summed E-state index contributed by atoms with van der Waals surface area (Å²) in [4.78, 5) is 0.175. The summed E-state index contributed by atoms with van der Waals surface area (Å²) in [7, 11) is -3.66. The Morgan fingerprint density at radius 1 is 1.19 bits per heavy atom. The fourth-order valence-corrected chi connectivity index (χ4v) is 3.12. The highest BCUT2D eigenvalue weighted by Gasteiger charge is 2.15. The van der Waals surface area contributed by atoms with Crippen LogP contribution in [0.2, 0.25) is 5.02 Å². The van der Waals surface area contributed by atoms with Crippen molar-refractivity contribution in [2.24, 2.45) is 5.73 Å². The van der Waals surface area contributed by atoms with Gasteiger partial charge in [-0.25, -0.2) is 8.42 Å². The molecule has 3 N–H and O–H groups in total. The summed E-state index contributed by atoms with van der Waals surface area (Å²) in [5.41, 5.74) is 7.86. The van der Waals surface area contributed by atoms with Gasteiger partial charge in [-0.05, 0) is 49.2 Å². The lowest BCUT2D eigenvalue weighted by molar-refractivity contribution is 0.601. The Morgan fingerprint density at radius 3 is 2.52 bits per heavy atom. The molecule has 0 aliphatic rings. The fraction of sp³-hybridized carbons (Fsp3) is 0.200. The van der Waals surface area contributed by atoms with E-state index in [4.69, 9.17) is 17.3 Å². The second-order valence-corrected chi connectivity index (χ2v) is 7.02. The van der Waals surface area contributed by atoms with Crippen LogP contribution in [-0.2, 0) is 10.0 Å². The minimum atomic E-state index is -3.66. The van der Waals surface area contributed by atoms with Crippen molar-refractivity contribution in [1.29, 1.82) is 0 Å². The Labute approximate surface area is 130 Å². The zero-order valence-corrected chi connectivity index (χ0v) is 13.4. The van der Waals surface area contributed by atoms with Gasteiger partial charge < -0.3 is 5.73 Å². The first kappa shape index (κ1) is 15.8. The van der Waals surface area contributed by atoms with Crippen molar-refractivity contribution in [3.63, 3.8) is 0 Å². The molecule has 4 nitrogen and oxygen atoms in total. The molecule has 2 aromatic rings. The molecule has 6 heteroatoms. The van der Waals surface area contributed by atoms with Crippen LogP contribution in [0.1, 0.15) is 24.1 Å². The number of hydrogen-bond donors (Lipinski definition) is 2. The van der Waals surface area contributed by atoms with Crippen molar-refractivity contribution < 1.29 is 8.42 Å². The molecular formula is C15H17ClN2O2S. The Balaban J connectivity index is 2.33. The number of hydrogen-bond acceptors (Lipinski definition) is 3. The highest BCUT2D eigenvalue weighted by molar-refractivity contribution is 7.92. The van der Waals surface area contributed by atoms with Crippen LogP contribution in [-0.4, -0.2) is 8.42 Å². The molecule has 0 heterocycles. The predicted octanol–water partition coefficient (Wildman–Crippen LogP) is 3.47. The molecule has 0 fully saturated rings. The van der Waals surface area contributed by atoms with Crippen molar-refractivity contribution in [1.82, 2.24) is 0 Å². The number of benzene rings is 2. The molecule has 0 radical (unpaired) electrons. The van der Waals surface area contributed by atoms with E-state index < -0.39 is 10.0 Å². The van der Waals surface area contributed by atoms with Crippen molar-refractivity contribution in [2.75, 3.05) is 4.72 Å². The molecule has 1 unspecified atom stereocenters. The van der Waals surface area contributed by atoms with Gasteiger partial charge in [0.2, 0.25) is 0 Å². The van der Waals surface area contributed by atoms with E-state index in [0.717, 1.165) is 11.1 Å². The van der Waals surface area contributed by atoms with Gasteiger partial charge in [0.25, 0.3) is 10.0 Å². The number of nitrogens with one attached hydrogen (secondary N) is 1. The summed E-state index contributed by atoms with van der Waals surface area (Å²) >= 11 is 6.00. The average molecular weight is 325 g/mol. The molecule has 2 rings (SSSR count). The summed E-state index contributed by atoms with van der Waals surface area (Å²) < 4.78 is 27.3. The molecule has 0 amide bonds. The molecule has 0 spiro atoms. The van der Waals surface area contributed by atoms with E-state index in [9.17, 15) is 8.42 Å². The first-order valence-corrected chi connectivity index (χ1v) is 8.30. The van der Waals surface area contributed by atoms with Crippen molar-refractivity contribution in [3.05, 3.63) is 58.6 Å². The fourth-order valence-electron chi connectivity index (χ4n) is 1.84. The molecule has 0 saturated carbocycles. The SMILES string of the molecule is Cc1ccc(NS(=O)(=O)c2cccc(C(C)N)c2)cc1Cl. The molecule has 112 valence electrons. The second kappa shape index (κ2) is 6.05. The maximum absolute atomic E-state index is 12.4. The maximum atomic E-state index is 12.4. The molecule has 0 aliphatic carbocycles. The third-order valence-electron chi connectivity index (χ3n) is 3.12. The Kier molecular flexibility index (Phi) is 4.56. The van der Waals surface area contributed by atoms with Crippen LogP contribution in [0.4, 0.5) is 5.69 Å². The van der Waals surface area contributed by atoms with Crippen LogP contribution in [0.25, 0.3) is 0 Å². The van der Waals surface area contributed by atoms with E-state index >= 15 is 0 Å².